The van der Waals surface area contributed by atoms with Gasteiger partial charge >= 0.3 is 5.97 Å². The Bertz CT molecular complexity index is 546. The molecule has 0 bridgehead atoms. The lowest BCUT2D eigenvalue weighted by atomic mass is 9.82. The molecular weight excluding hydrogens is 271 g/mol. The Kier molecular flexibility index (Phi) is 5.15. The van der Waals surface area contributed by atoms with Crippen molar-refractivity contribution >= 4 is 11.7 Å². The number of rotatable bonds is 4. The van der Waals surface area contributed by atoms with Crippen molar-refractivity contribution in [2.75, 3.05) is 19.0 Å². The number of anilines is 1. The van der Waals surface area contributed by atoms with E-state index in [-0.39, 0.29) is 11.9 Å². The number of hydrogen-bond donors (Lipinski definition) is 1. The molecule has 0 aliphatic heterocycles. The minimum absolute atomic E-state index is 0.0191. The highest BCUT2D eigenvalue weighted by Crippen LogP contribution is 2.29. The van der Waals surface area contributed by atoms with Crippen molar-refractivity contribution in [3.05, 3.63) is 29.6 Å². The average Bonchev–Trinajstić information content (AvgIpc) is 2.52. The molecule has 1 saturated carbocycles. The average molecular weight is 290 g/mol. The molecule has 1 aliphatic rings. The molecule has 1 aromatic rings. The van der Waals surface area contributed by atoms with Gasteiger partial charge in [0.1, 0.15) is 5.82 Å². The normalized spacial score (nSPS) is 21.4. The van der Waals surface area contributed by atoms with Crippen LogP contribution in [-0.2, 0) is 9.53 Å². The zero-order valence-corrected chi connectivity index (χ0v) is 12.1. The number of carbonyl (C=O) groups excluding carboxylic acids is 1. The Balaban J connectivity index is 1.84. The summed E-state index contributed by atoms with van der Waals surface area (Å²) in [6.45, 7) is 0.724. The summed E-state index contributed by atoms with van der Waals surface area (Å²) in [5, 5.41) is 12.0. The molecule has 0 spiro atoms. The van der Waals surface area contributed by atoms with Gasteiger partial charge in [0.25, 0.3) is 0 Å². The number of halogens is 1. The van der Waals surface area contributed by atoms with Crippen molar-refractivity contribution in [1.29, 1.82) is 5.26 Å². The molecular formula is C16H19FN2O2. The number of ether oxygens (including phenoxy) is 1. The van der Waals surface area contributed by atoms with Crippen LogP contribution >= 0.6 is 0 Å². The predicted molar refractivity (Wildman–Crippen MR) is 77.1 cm³/mol. The van der Waals surface area contributed by atoms with Gasteiger partial charge in [0.05, 0.1) is 24.7 Å². The monoisotopic (exact) mass is 290 g/mol. The quantitative estimate of drug-likeness (QED) is 0.866. The summed E-state index contributed by atoms with van der Waals surface area (Å²) in [5.74, 6) is -0.0542. The molecule has 1 N–H and O–H groups in total. The molecule has 0 heterocycles. The van der Waals surface area contributed by atoms with Gasteiger partial charge in [0.2, 0.25) is 0 Å². The molecule has 0 radical (unpaired) electrons. The van der Waals surface area contributed by atoms with Crippen LogP contribution in [0.15, 0.2) is 18.2 Å². The zero-order chi connectivity index (χ0) is 15.2. The third-order valence-electron chi connectivity index (χ3n) is 4.00. The maximum Gasteiger partial charge on any atom is 0.308 e. The second-order valence-electron chi connectivity index (χ2n) is 5.46. The highest BCUT2D eigenvalue weighted by atomic mass is 19.1. The Hall–Kier alpha value is -2.09. The number of benzene rings is 1. The van der Waals surface area contributed by atoms with Crippen LogP contribution in [0.3, 0.4) is 0 Å². The van der Waals surface area contributed by atoms with Gasteiger partial charge in [-0.2, -0.15) is 5.26 Å². The fourth-order valence-corrected chi connectivity index (χ4v) is 2.79. The molecule has 1 aliphatic carbocycles. The smallest absolute Gasteiger partial charge is 0.308 e. The fraction of sp³-hybridized carbons (Fsp3) is 0.500. The highest BCUT2D eigenvalue weighted by molar-refractivity contribution is 5.72. The first-order valence-corrected chi connectivity index (χ1v) is 7.14. The van der Waals surface area contributed by atoms with Crippen LogP contribution in [0.2, 0.25) is 0 Å². The van der Waals surface area contributed by atoms with Crippen molar-refractivity contribution in [3.63, 3.8) is 0 Å². The van der Waals surface area contributed by atoms with Crippen molar-refractivity contribution in [2.45, 2.75) is 25.7 Å². The zero-order valence-electron chi connectivity index (χ0n) is 12.1. The predicted octanol–water partition coefficient (Wildman–Crippen LogP) is 3.09. The summed E-state index contributed by atoms with van der Waals surface area (Å²) in [6.07, 6.45) is 3.58. The van der Waals surface area contributed by atoms with E-state index in [1.165, 1.54) is 19.2 Å². The first-order chi connectivity index (χ1) is 10.1. The summed E-state index contributed by atoms with van der Waals surface area (Å²) < 4.78 is 18.1. The molecule has 2 rings (SSSR count). The molecule has 112 valence electrons. The molecule has 0 atom stereocenters. The van der Waals surface area contributed by atoms with Crippen molar-refractivity contribution in [3.8, 4) is 6.07 Å². The summed E-state index contributed by atoms with van der Waals surface area (Å²) >= 11 is 0. The maximum absolute atomic E-state index is 13.3. The highest BCUT2D eigenvalue weighted by Gasteiger charge is 2.26. The SMILES string of the molecule is COC(=O)C1CCC(CNc2cc(F)cc(C#N)c2)CC1. The lowest BCUT2D eigenvalue weighted by Crippen LogP contribution is -2.26. The van der Waals surface area contributed by atoms with Gasteiger partial charge in [-0.05, 0) is 49.8 Å². The van der Waals surface area contributed by atoms with Crippen LogP contribution in [-0.4, -0.2) is 19.6 Å². The molecule has 0 aromatic heterocycles. The number of esters is 1. The molecule has 0 amide bonds. The van der Waals surface area contributed by atoms with Crippen LogP contribution in [0.4, 0.5) is 10.1 Å². The van der Waals surface area contributed by atoms with E-state index in [0.717, 1.165) is 32.2 Å². The van der Waals surface area contributed by atoms with Gasteiger partial charge in [0.15, 0.2) is 0 Å². The van der Waals surface area contributed by atoms with Crippen LogP contribution in [0.25, 0.3) is 0 Å². The van der Waals surface area contributed by atoms with E-state index in [0.29, 0.717) is 17.2 Å². The maximum atomic E-state index is 13.3. The molecule has 1 aromatic carbocycles. The van der Waals surface area contributed by atoms with Crippen molar-refractivity contribution in [1.82, 2.24) is 0 Å². The van der Waals surface area contributed by atoms with Gasteiger partial charge in [-0.15, -0.1) is 0 Å². The van der Waals surface area contributed by atoms with Crippen LogP contribution in [0, 0.1) is 29.0 Å². The number of nitrogens with one attached hydrogen (secondary N) is 1. The minimum atomic E-state index is -0.411. The van der Waals surface area contributed by atoms with Crippen LogP contribution < -0.4 is 5.32 Å². The molecule has 0 unspecified atom stereocenters. The lowest BCUT2D eigenvalue weighted by Gasteiger charge is -2.27. The largest absolute Gasteiger partial charge is 0.469 e. The second kappa shape index (κ2) is 7.07. The van der Waals surface area contributed by atoms with E-state index in [1.54, 1.807) is 6.07 Å². The Labute approximate surface area is 123 Å². The van der Waals surface area contributed by atoms with Gasteiger partial charge in [0, 0.05) is 12.2 Å². The van der Waals surface area contributed by atoms with Gasteiger partial charge in [-0.25, -0.2) is 4.39 Å². The summed E-state index contributed by atoms with van der Waals surface area (Å²) in [4.78, 5) is 11.5. The Morgan fingerprint density at radius 3 is 2.71 bits per heavy atom. The first kappa shape index (κ1) is 15.3. The van der Waals surface area contributed by atoms with Gasteiger partial charge in [-0.1, -0.05) is 0 Å². The first-order valence-electron chi connectivity index (χ1n) is 7.14. The number of carbonyl (C=O) groups is 1. The summed E-state index contributed by atoms with van der Waals surface area (Å²) in [5.41, 5.74) is 0.938. The van der Waals surface area contributed by atoms with Crippen molar-refractivity contribution < 1.29 is 13.9 Å². The van der Waals surface area contributed by atoms with Crippen LogP contribution in [0.5, 0.6) is 0 Å². The van der Waals surface area contributed by atoms with Crippen molar-refractivity contribution in [2.24, 2.45) is 11.8 Å². The van der Waals surface area contributed by atoms with E-state index >= 15 is 0 Å². The minimum Gasteiger partial charge on any atom is -0.469 e. The molecule has 4 nitrogen and oxygen atoms in total. The second-order valence-corrected chi connectivity index (χ2v) is 5.46. The summed E-state index contributed by atoms with van der Waals surface area (Å²) in [6, 6.07) is 6.19. The van der Waals surface area contributed by atoms with Crippen LogP contribution in [0.1, 0.15) is 31.2 Å². The van der Waals surface area contributed by atoms with E-state index in [1.807, 2.05) is 6.07 Å². The van der Waals surface area contributed by atoms with E-state index in [2.05, 4.69) is 5.32 Å². The summed E-state index contributed by atoms with van der Waals surface area (Å²) in [7, 11) is 1.42. The fourth-order valence-electron chi connectivity index (χ4n) is 2.79. The Morgan fingerprint density at radius 2 is 2.10 bits per heavy atom. The van der Waals surface area contributed by atoms with Gasteiger partial charge in [-0.3, -0.25) is 4.79 Å². The number of nitriles is 1. The molecule has 21 heavy (non-hydrogen) atoms. The number of methoxy groups -OCH3 is 1. The van der Waals surface area contributed by atoms with E-state index < -0.39 is 5.82 Å². The molecule has 1 fully saturated rings. The van der Waals surface area contributed by atoms with Gasteiger partial charge < -0.3 is 10.1 Å². The number of nitrogens with zero attached hydrogens (tertiary/aromatic N) is 1. The topological polar surface area (TPSA) is 62.1 Å². The third-order valence-corrected chi connectivity index (χ3v) is 4.00. The lowest BCUT2D eigenvalue weighted by molar-refractivity contribution is -0.146. The molecule has 5 heteroatoms. The Morgan fingerprint density at radius 1 is 1.38 bits per heavy atom. The van der Waals surface area contributed by atoms with E-state index in [9.17, 15) is 9.18 Å². The third kappa shape index (κ3) is 4.19. The standard InChI is InChI=1S/C16H19FN2O2/c1-21-16(20)13-4-2-11(3-5-13)10-19-15-7-12(9-18)6-14(17)8-15/h6-8,11,13,19H,2-5,10H2,1H3. The number of hydrogen-bond acceptors (Lipinski definition) is 4. The molecule has 0 saturated heterocycles. The van der Waals surface area contributed by atoms with E-state index in [4.69, 9.17) is 10.00 Å².